The number of nitrogens with zero attached hydrogens (tertiary/aromatic N) is 4. The zero-order valence-electron chi connectivity index (χ0n) is 18.9. The Morgan fingerprint density at radius 1 is 1.15 bits per heavy atom. The zero-order chi connectivity index (χ0) is 23.5. The van der Waals surface area contributed by atoms with E-state index in [-0.39, 0.29) is 17.6 Å². The number of nitrogens with one attached hydrogen (secondary N) is 2. The number of fused-ring (bicyclic) bond motifs is 2. The van der Waals surface area contributed by atoms with Gasteiger partial charge >= 0.3 is 0 Å². The third-order valence-electron chi connectivity index (χ3n) is 5.85. The van der Waals surface area contributed by atoms with Gasteiger partial charge < -0.3 is 15.0 Å². The Morgan fingerprint density at radius 3 is 2.79 bits per heavy atom. The molecule has 8 nitrogen and oxygen atoms in total. The van der Waals surface area contributed by atoms with Gasteiger partial charge in [0.25, 0.3) is 0 Å². The summed E-state index contributed by atoms with van der Waals surface area (Å²) < 4.78 is 7.02. The van der Waals surface area contributed by atoms with Crippen LogP contribution < -0.4 is 10.1 Å². The largest absolute Gasteiger partial charge is 0.497 e. The van der Waals surface area contributed by atoms with Gasteiger partial charge in [-0.05, 0) is 29.3 Å². The molecule has 0 radical (unpaired) electrons. The van der Waals surface area contributed by atoms with Crippen molar-refractivity contribution < 1.29 is 9.53 Å². The van der Waals surface area contributed by atoms with Crippen LogP contribution in [0.4, 0.5) is 0 Å². The first-order valence-electron chi connectivity index (χ1n) is 10.9. The maximum absolute atomic E-state index is 12.8. The SMILES string of the molecule is COc1ccc(C(CNC(=O)CSc2ncnc3c2cnn3C)c2c[nH]c3ccccc23)cc1. The predicted molar refractivity (Wildman–Crippen MR) is 133 cm³/mol. The molecule has 0 saturated heterocycles. The lowest BCUT2D eigenvalue weighted by atomic mass is 9.91. The van der Waals surface area contributed by atoms with Crippen LogP contribution in [-0.2, 0) is 11.8 Å². The second-order valence-electron chi connectivity index (χ2n) is 7.89. The normalized spacial score (nSPS) is 12.2. The van der Waals surface area contributed by atoms with Gasteiger partial charge in [-0.25, -0.2) is 9.97 Å². The second kappa shape index (κ2) is 9.56. The fraction of sp³-hybridized carbons (Fsp3) is 0.200. The van der Waals surface area contributed by atoms with Gasteiger partial charge in [0.2, 0.25) is 5.91 Å². The van der Waals surface area contributed by atoms with Crippen LogP contribution in [0.25, 0.3) is 21.9 Å². The van der Waals surface area contributed by atoms with Crippen LogP contribution in [0.3, 0.4) is 0 Å². The van der Waals surface area contributed by atoms with Crippen LogP contribution in [0.2, 0.25) is 0 Å². The van der Waals surface area contributed by atoms with Gasteiger partial charge in [0, 0.05) is 36.6 Å². The second-order valence-corrected chi connectivity index (χ2v) is 8.86. The molecule has 2 N–H and O–H groups in total. The molecule has 9 heteroatoms. The topological polar surface area (TPSA) is 97.7 Å². The number of benzene rings is 2. The van der Waals surface area contributed by atoms with E-state index in [2.05, 4.69) is 37.5 Å². The molecular weight excluding hydrogens is 448 g/mol. The molecule has 3 heterocycles. The Morgan fingerprint density at radius 2 is 1.97 bits per heavy atom. The molecule has 172 valence electrons. The lowest BCUT2D eigenvalue weighted by Gasteiger charge is -2.18. The molecule has 5 rings (SSSR count). The molecule has 1 unspecified atom stereocenters. The summed E-state index contributed by atoms with van der Waals surface area (Å²) in [6.45, 7) is 0.472. The van der Waals surface area contributed by atoms with Crippen molar-refractivity contribution in [1.82, 2.24) is 30.0 Å². The highest BCUT2D eigenvalue weighted by molar-refractivity contribution is 8.00. The fourth-order valence-electron chi connectivity index (χ4n) is 4.08. The van der Waals surface area contributed by atoms with Crippen molar-refractivity contribution in [3.8, 4) is 5.75 Å². The molecule has 0 bridgehead atoms. The van der Waals surface area contributed by atoms with Crippen molar-refractivity contribution in [3.63, 3.8) is 0 Å². The van der Waals surface area contributed by atoms with Gasteiger partial charge in [0.15, 0.2) is 5.65 Å². The summed E-state index contributed by atoms with van der Waals surface area (Å²) in [7, 11) is 3.49. The summed E-state index contributed by atoms with van der Waals surface area (Å²) in [5, 5.41) is 10.1. The van der Waals surface area contributed by atoms with E-state index in [1.165, 1.54) is 18.1 Å². The Balaban J connectivity index is 1.33. The van der Waals surface area contributed by atoms with Crippen LogP contribution in [-0.4, -0.2) is 50.0 Å². The van der Waals surface area contributed by atoms with E-state index < -0.39 is 0 Å². The quantitative estimate of drug-likeness (QED) is 0.263. The van der Waals surface area contributed by atoms with E-state index in [4.69, 9.17) is 4.74 Å². The monoisotopic (exact) mass is 472 g/mol. The fourth-order valence-corrected chi connectivity index (χ4v) is 4.87. The highest BCUT2D eigenvalue weighted by Crippen LogP contribution is 2.31. The van der Waals surface area contributed by atoms with E-state index >= 15 is 0 Å². The Hall–Kier alpha value is -3.85. The van der Waals surface area contributed by atoms with Crippen LogP contribution >= 0.6 is 11.8 Å². The number of amides is 1. The van der Waals surface area contributed by atoms with Gasteiger partial charge in [-0.15, -0.1) is 0 Å². The van der Waals surface area contributed by atoms with Crippen molar-refractivity contribution >= 4 is 39.6 Å². The minimum Gasteiger partial charge on any atom is -0.497 e. The van der Waals surface area contributed by atoms with Gasteiger partial charge in [-0.2, -0.15) is 5.10 Å². The number of para-hydroxylation sites is 1. The Labute approximate surface area is 200 Å². The molecule has 0 saturated carbocycles. The number of H-pyrrole nitrogens is 1. The number of ether oxygens (including phenoxy) is 1. The molecule has 0 aliphatic heterocycles. The number of thioether (sulfide) groups is 1. The van der Waals surface area contributed by atoms with Crippen LogP contribution in [0.1, 0.15) is 17.0 Å². The summed E-state index contributed by atoms with van der Waals surface area (Å²) >= 11 is 1.38. The highest BCUT2D eigenvalue weighted by Gasteiger charge is 2.20. The Bertz CT molecular complexity index is 1440. The van der Waals surface area contributed by atoms with Crippen LogP contribution in [0.5, 0.6) is 5.75 Å². The van der Waals surface area contributed by atoms with Gasteiger partial charge in [0.05, 0.1) is 24.4 Å². The number of rotatable bonds is 8. The predicted octanol–water partition coefficient (Wildman–Crippen LogP) is 3.89. The molecule has 34 heavy (non-hydrogen) atoms. The number of hydrogen-bond acceptors (Lipinski definition) is 6. The average Bonchev–Trinajstić information content (AvgIpc) is 3.47. The highest BCUT2D eigenvalue weighted by atomic mass is 32.2. The molecule has 0 aliphatic rings. The minimum atomic E-state index is -0.0565. The van der Waals surface area contributed by atoms with Gasteiger partial charge in [-0.1, -0.05) is 42.1 Å². The van der Waals surface area contributed by atoms with E-state index in [0.717, 1.165) is 43.8 Å². The zero-order valence-corrected chi connectivity index (χ0v) is 19.7. The van der Waals surface area contributed by atoms with Gasteiger partial charge in [0.1, 0.15) is 17.1 Å². The minimum absolute atomic E-state index is 0.0138. The number of carbonyl (C=O) groups is 1. The number of hydrogen-bond donors (Lipinski definition) is 2. The molecular formula is C25H24N6O2S. The molecule has 5 aromatic rings. The summed E-state index contributed by atoms with van der Waals surface area (Å²) in [5.74, 6) is 0.983. The number of carbonyl (C=O) groups excluding carboxylic acids is 1. The van der Waals surface area contributed by atoms with Crippen molar-refractivity contribution in [2.24, 2.45) is 7.05 Å². The van der Waals surface area contributed by atoms with E-state index in [0.29, 0.717) is 6.54 Å². The lowest BCUT2D eigenvalue weighted by Crippen LogP contribution is -2.30. The number of aromatic nitrogens is 5. The molecule has 1 atom stereocenters. The third kappa shape index (κ3) is 4.34. The molecule has 1 amide bonds. The van der Waals surface area contributed by atoms with Crippen molar-refractivity contribution in [1.29, 1.82) is 0 Å². The van der Waals surface area contributed by atoms with Crippen LogP contribution in [0.15, 0.2) is 72.3 Å². The van der Waals surface area contributed by atoms with Gasteiger partial charge in [-0.3, -0.25) is 9.48 Å². The molecule has 0 spiro atoms. The summed E-state index contributed by atoms with van der Waals surface area (Å²) in [6.07, 6.45) is 5.26. The maximum atomic E-state index is 12.8. The number of aromatic amines is 1. The number of methoxy groups -OCH3 is 1. The van der Waals surface area contributed by atoms with E-state index in [1.807, 2.05) is 49.6 Å². The maximum Gasteiger partial charge on any atom is 0.230 e. The Kier molecular flexibility index (Phi) is 6.18. The first-order valence-corrected chi connectivity index (χ1v) is 11.8. The standard InChI is InChI=1S/C25H24N6O2S/c1-31-24-21(13-30-31)25(29-15-28-24)34-14-23(32)27-11-19(16-7-9-17(33-2)10-8-16)20-12-26-22-6-4-3-5-18(20)22/h3-10,12-13,15,19,26H,11,14H2,1-2H3,(H,27,32). The summed E-state index contributed by atoms with van der Waals surface area (Å²) in [6, 6.07) is 16.2. The van der Waals surface area contributed by atoms with Crippen molar-refractivity contribution in [2.45, 2.75) is 10.9 Å². The summed E-state index contributed by atoms with van der Waals surface area (Å²) in [5.41, 5.74) is 4.06. The summed E-state index contributed by atoms with van der Waals surface area (Å²) in [4.78, 5) is 24.7. The van der Waals surface area contributed by atoms with E-state index in [9.17, 15) is 4.79 Å². The molecule has 0 aliphatic carbocycles. The van der Waals surface area contributed by atoms with Crippen LogP contribution in [0, 0.1) is 0 Å². The van der Waals surface area contributed by atoms with Crippen molar-refractivity contribution in [2.75, 3.05) is 19.4 Å². The molecule has 2 aromatic carbocycles. The lowest BCUT2D eigenvalue weighted by molar-refractivity contribution is -0.118. The smallest absolute Gasteiger partial charge is 0.230 e. The molecule has 3 aromatic heterocycles. The van der Waals surface area contributed by atoms with Crippen molar-refractivity contribution in [3.05, 3.63) is 78.4 Å². The van der Waals surface area contributed by atoms with E-state index in [1.54, 1.807) is 18.0 Å². The first kappa shape index (κ1) is 22.0. The average molecular weight is 473 g/mol. The first-order chi connectivity index (χ1) is 16.6. The molecule has 0 fully saturated rings. The third-order valence-corrected chi connectivity index (χ3v) is 6.86. The number of aryl methyl sites for hydroxylation is 1.